The first-order valence-corrected chi connectivity index (χ1v) is 4.88. The third kappa shape index (κ3) is 1.93. The van der Waals surface area contributed by atoms with Crippen LogP contribution in [0.4, 0.5) is 8.78 Å². The molecule has 0 aromatic heterocycles. The molecule has 1 aliphatic carbocycles. The highest BCUT2D eigenvalue weighted by Crippen LogP contribution is 2.37. The average molecular weight is 197 g/mol. The third-order valence-electron chi connectivity index (χ3n) is 2.65. The molecule has 76 valence electrons. The normalized spacial score (nSPS) is 18.2. The fraction of sp³-hybridized carbons (Fsp3) is 0.455. The van der Waals surface area contributed by atoms with Gasteiger partial charge in [-0.3, -0.25) is 0 Å². The zero-order valence-electron chi connectivity index (χ0n) is 7.84. The molecule has 3 heteroatoms. The van der Waals surface area contributed by atoms with Gasteiger partial charge in [0.05, 0.1) is 0 Å². The van der Waals surface area contributed by atoms with E-state index in [-0.39, 0.29) is 5.56 Å². The standard InChI is InChI=1S/C11H13F2N/c12-8-2-1-3-9(13)11(8)10(14)6-7-4-5-7/h1-3,7,10H,4-6,14H2/t10-/m0/s1. The van der Waals surface area contributed by atoms with Crippen LogP contribution in [-0.2, 0) is 0 Å². The topological polar surface area (TPSA) is 26.0 Å². The van der Waals surface area contributed by atoms with E-state index in [1.807, 2.05) is 0 Å². The molecule has 14 heavy (non-hydrogen) atoms. The number of nitrogens with two attached hydrogens (primary N) is 1. The largest absolute Gasteiger partial charge is 0.324 e. The molecule has 0 saturated heterocycles. The van der Waals surface area contributed by atoms with Gasteiger partial charge in [0.15, 0.2) is 0 Å². The van der Waals surface area contributed by atoms with Crippen LogP contribution < -0.4 is 5.73 Å². The highest BCUT2D eigenvalue weighted by atomic mass is 19.1. The van der Waals surface area contributed by atoms with E-state index in [1.54, 1.807) is 0 Å². The second-order valence-corrected chi connectivity index (χ2v) is 3.92. The summed E-state index contributed by atoms with van der Waals surface area (Å²) in [6.45, 7) is 0. The van der Waals surface area contributed by atoms with Crippen LogP contribution >= 0.6 is 0 Å². The van der Waals surface area contributed by atoms with E-state index in [0.29, 0.717) is 12.3 Å². The van der Waals surface area contributed by atoms with Crippen molar-refractivity contribution in [1.29, 1.82) is 0 Å². The predicted molar refractivity (Wildman–Crippen MR) is 50.6 cm³/mol. The average Bonchev–Trinajstić information content (AvgIpc) is 2.87. The molecule has 0 heterocycles. The van der Waals surface area contributed by atoms with Gasteiger partial charge in [-0.25, -0.2) is 8.78 Å². The van der Waals surface area contributed by atoms with Gasteiger partial charge in [0.2, 0.25) is 0 Å². The Balaban J connectivity index is 2.19. The Labute approximate surface area is 81.9 Å². The van der Waals surface area contributed by atoms with Crippen LogP contribution in [0.2, 0.25) is 0 Å². The van der Waals surface area contributed by atoms with Crippen molar-refractivity contribution in [2.75, 3.05) is 0 Å². The van der Waals surface area contributed by atoms with E-state index in [1.165, 1.54) is 18.2 Å². The van der Waals surface area contributed by atoms with Crippen LogP contribution in [0, 0.1) is 17.6 Å². The highest BCUT2D eigenvalue weighted by molar-refractivity contribution is 5.23. The van der Waals surface area contributed by atoms with E-state index < -0.39 is 17.7 Å². The van der Waals surface area contributed by atoms with E-state index in [4.69, 9.17) is 5.73 Å². The van der Waals surface area contributed by atoms with Crippen LogP contribution in [0.5, 0.6) is 0 Å². The lowest BCUT2D eigenvalue weighted by atomic mass is 10.0. The number of halogens is 2. The fourth-order valence-corrected chi connectivity index (χ4v) is 1.70. The minimum atomic E-state index is -0.529. The Morgan fingerprint density at radius 1 is 1.29 bits per heavy atom. The summed E-state index contributed by atoms with van der Waals surface area (Å²) in [6, 6.07) is 3.37. The SMILES string of the molecule is N[C@@H](CC1CC1)c1c(F)cccc1F. The second kappa shape index (κ2) is 3.65. The summed E-state index contributed by atoms with van der Waals surface area (Å²) in [5.41, 5.74) is 5.80. The molecule has 0 spiro atoms. The molecule has 1 aliphatic rings. The monoisotopic (exact) mass is 197 g/mol. The van der Waals surface area contributed by atoms with Crippen LogP contribution in [0.3, 0.4) is 0 Å². The molecule has 1 aromatic rings. The van der Waals surface area contributed by atoms with Gasteiger partial charge in [-0.2, -0.15) is 0 Å². The molecule has 2 N–H and O–H groups in total. The first-order valence-electron chi connectivity index (χ1n) is 4.88. The van der Waals surface area contributed by atoms with Crippen molar-refractivity contribution in [3.05, 3.63) is 35.4 Å². The van der Waals surface area contributed by atoms with Gasteiger partial charge in [0.1, 0.15) is 11.6 Å². The summed E-state index contributed by atoms with van der Waals surface area (Å²) in [4.78, 5) is 0. The molecule has 1 nitrogen and oxygen atoms in total. The van der Waals surface area contributed by atoms with Gasteiger partial charge in [-0.1, -0.05) is 18.9 Å². The second-order valence-electron chi connectivity index (χ2n) is 3.92. The minimum absolute atomic E-state index is 0.0411. The Kier molecular flexibility index (Phi) is 2.50. The molecule has 2 rings (SSSR count). The molecule has 1 saturated carbocycles. The van der Waals surface area contributed by atoms with Crippen LogP contribution in [0.15, 0.2) is 18.2 Å². The molecule has 0 amide bonds. The maximum absolute atomic E-state index is 13.3. The molecule has 0 unspecified atom stereocenters. The smallest absolute Gasteiger partial charge is 0.130 e. The van der Waals surface area contributed by atoms with Gasteiger partial charge in [0.25, 0.3) is 0 Å². The zero-order valence-corrected chi connectivity index (χ0v) is 7.84. The van der Waals surface area contributed by atoms with Crippen molar-refractivity contribution in [2.45, 2.75) is 25.3 Å². The van der Waals surface area contributed by atoms with Gasteiger partial charge >= 0.3 is 0 Å². The van der Waals surface area contributed by atoms with Crippen LogP contribution in [-0.4, -0.2) is 0 Å². The van der Waals surface area contributed by atoms with Gasteiger partial charge in [-0.05, 0) is 24.5 Å². The number of rotatable bonds is 3. The van der Waals surface area contributed by atoms with Crippen molar-refractivity contribution in [1.82, 2.24) is 0 Å². The van der Waals surface area contributed by atoms with Crippen molar-refractivity contribution in [2.24, 2.45) is 11.7 Å². The zero-order chi connectivity index (χ0) is 10.1. The number of hydrogen-bond donors (Lipinski definition) is 1. The summed E-state index contributed by atoms with van der Waals surface area (Å²) in [7, 11) is 0. The molecular weight excluding hydrogens is 184 g/mol. The summed E-state index contributed by atoms with van der Waals surface area (Å²) in [6.07, 6.45) is 2.98. The van der Waals surface area contributed by atoms with Gasteiger partial charge in [0, 0.05) is 11.6 Å². The predicted octanol–water partition coefficient (Wildman–Crippen LogP) is 2.76. The fourth-order valence-electron chi connectivity index (χ4n) is 1.70. The van der Waals surface area contributed by atoms with Crippen LogP contribution in [0.25, 0.3) is 0 Å². The van der Waals surface area contributed by atoms with Crippen molar-refractivity contribution < 1.29 is 8.78 Å². The minimum Gasteiger partial charge on any atom is -0.324 e. The van der Waals surface area contributed by atoms with Crippen molar-refractivity contribution in [3.8, 4) is 0 Å². The first-order chi connectivity index (χ1) is 6.68. The Bertz CT molecular complexity index is 314. The first kappa shape index (κ1) is 9.59. The maximum Gasteiger partial charge on any atom is 0.130 e. The quantitative estimate of drug-likeness (QED) is 0.792. The molecule has 0 bridgehead atoms. The molecular formula is C11H13F2N. The third-order valence-corrected chi connectivity index (χ3v) is 2.65. The highest BCUT2D eigenvalue weighted by Gasteiger charge is 2.26. The Morgan fingerprint density at radius 2 is 1.86 bits per heavy atom. The molecule has 0 aliphatic heterocycles. The van der Waals surface area contributed by atoms with Crippen molar-refractivity contribution in [3.63, 3.8) is 0 Å². The lowest BCUT2D eigenvalue weighted by Gasteiger charge is -2.12. The van der Waals surface area contributed by atoms with E-state index in [9.17, 15) is 8.78 Å². The summed E-state index contributed by atoms with van der Waals surface area (Å²) >= 11 is 0. The summed E-state index contributed by atoms with van der Waals surface area (Å²) in [5.74, 6) is -0.486. The molecule has 1 fully saturated rings. The lowest BCUT2D eigenvalue weighted by Crippen LogP contribution is -2.14. The van der Waals surface area contributed by atoms with Gasteiger partial charge < -0.3 is 5.73 Å². The van der Waals surface area contributed by atoms with Crippen molar-refractivity contribution >= 4 is 0 Å². The van der Waals surface area contributed by atoms with E-state index >= 15 is 0 Å². The maximum atomic E-state index is 13.3. The Hall–Kier alpha value is -0.960. The molecule has 0 radical (unpaired) electrons. The molecule has 1 atom stereocenters. The summed E-state index contributed by atoms with van der Waals surface area (Å²) in [5, 5.41) is 0. The van der Waals surface area contributed by atoms with Gasteiger partial charge in [-0.15, -0.1) is 0 Å². The van der Waals surface area contributed by atoms with Crippen LogP contribution in [0.1, 0.15) is 30.9 Å². The summed E-state index contributed by atoms with van der Waals surface area (Å²) < 4.78 is 26.5. The number of hydrogen-bond acceptors (Lipinski definition) is 1. The Morgan fingerprint density at radius 3 is 2.36 bits per heavy atom. The van der Waals surface area contributed by atoms with E-state index in [0.717, 1.165) is 12.8 Å². The lowest BCUT2D eigenvalue weighted by molar-refractivity contribution is 0.498. The van der Waals surface area contributed by atoms with E-state index in [2.05, 4.69) is 0 Å². The molecule has 1 aromatic carbocycles. The number of benzene rings is 1.